The van der Waals surface area contributed by atoms with Crippen LogP contribution in [-0.4, -0.2) is 6.29 Å². The first-order valence-corrected chi connectivity index (χ1v) is 5.69. The topological polar surface area (TPSA) is 47.3 Å². The molecule has 88 valence electrons. The Morgan fingerprint density at radius 3 is 2.61 bits per heavy atom. The van der Waals surface area contributed by atoms with Gasteiger partial charge in [-0.2, -0.15) is 0 Å². The van der Waals surface area contributed by atoms with E-state index in [1.165, 1.54) is 6.07 Å². The van der Waals surface area contributed by atoms with Crippen LogP contribution in [0.15, 0.2) is 45.6 Å². The van der Waals surface area contributed by atoms with Crippen molar-refractivity contribution in [1.29, 1.82) is 0 Å². The van der Waals surface area contributed by atoms with Crippen LogP contribution in [0.1, 0.15) is 10.4 Å². The summed E-state index contributed by atoms with van der Waals surface area (Å²) in [5, 5.41) is 1.13. The van der Waals surface area contributed by atoms with Gasteiger partial charge >= 0.3 is 0 Å². The molecule has 1 heterocycles. The van der Waals surface area contributed by atoms with Gasteiger partial charge in [0, 0.05) is 0 Å². The van der Waals surface area contributed by atoms with Crippen molar-refractivity contribution in [3.63, 3.8) is 0 Å². The summed E-state index contributed by atoms with van der Waals surface area (Å²) >= 11 is 5.91. The summed E-state index contributed by atoms with van der Waals surface area (Å²) in [6, 6.07) is 10.0. The molecule has 3 aromatic rings. The predicted molar refractivity (Wildman–Crippen MR) is 70.4 cm³/mol. The Bertz CT molecular complexity index is 833. The fourth-order valence-corrected chi connectivity index (χ4v) is 2.17. The molecule has 18 heavy (non-hydrogen) atoms. The Morgan fingerprint density at radius 1 is 1.06 bits per heavy atom. The molecule has 0 aliphatic rings. The van der Waals surface area contributed by atoms with Crippen LogP contribution >= 0.6 is 11.6 Å². The van der Waals surface area contributed by atoms with Crippen molar-refractivity contribution in [3.05, 3.63) is 57.2 Å². The van der Waals surface area contributed by atoms with Gasteiger partial charge in [-0.1, -0.05) is 23.7 Å². The molecular formula is C14H7ClO3. The molecule has 0 spiro atoms. The summed E-state index contributed by atoms with van der Waals surface area (Å²) < 4.78 is 5.61. The minimum Gasteiger partial charge on any atom is -0.455 e. The number of para-hydroxylation sites is 1. The number of hydrogen-bond donors (Lipinski definition) is 0. The number of benzene rings is 2. The molecule has 0 amide bonds. The number of fused-ring (bicyclic) bond motifs is 2. The summed E-state index contributed by atoms with van der Waals surface area (Å²) in [5.41, 5.74) is 0.727. The van der Waals surface area contributed by atoms with Gasteiger partial charge in [-0.05, 0) is 24.3 Å². The number of aldehydes is 1. The van der Waals surface area contributed by atoms with Gasteiger partial charge in [-0.15, -0.1) is 0 Å². The number of rotatable bonds is 1. The van der Waals surface area contributed by atoms with E-state index in [0.29, 0.717) is 22.6 Å². The van der Waals surface area contributed by atoms with Gasteiger partial charge in [0.25, 0.3) is 0 Å². The third-order valence-electron chi connectivity index (χ3n) is 2.85. The molecule has 2 aromatic carbocycles. The highest BCUT2D eigenvalue weighted by molar-refractivity contribution is 6.34. The van der Waals surface area contributed by atoms with Gasteiger partial charge in [0.1, 0.15) is 5.58 Å². The number of halogens is 1. The molecule has 0 radical (unpaired) electrons. The largest absolute Gasteiger partial charge is 0.455 e. The molecule has 0 aliphatic heterocycles. The normalized spacial score (nSPS) is 10.9. The van der Waals surface area contributed by atoms with E-state index in [1.807, 2.05) is 0 Å². The van der Waals surface area contributed by atoms with Crippen LogP contribution < -0.4 is 5.43 Å². The van der Waals surface area contributed by atoms with Crippen molar-refractivity contribution in [2.45, 2.75) is 0 Å². The minimum absolute atomic E-state index is 0.161. The molecule has 3 nitrogen and oxygen atoms in total. The van der Waals surface area contributed by atoms with E-state index in [0.717, 1.165) is 0 Å². The Labute approximate surface area is 107 Å². The standard InChI is InChI=1S/C14H7ClO3/c15-11-6-5-9-13(17)8-3-1-2-4-12(8)18-14(9)10(11)7-16/h1-7H. The Kier molecular flexibility index (Phi) is 2.42. The van der Waals surface area contributed by atoms with Gasteiger partial charge in [0.05, 0.1) is 21.4 Å². The SMILES string of the molecule is O=Cc1c(Cl)ccc2c(=O)c3ccccc3oc12. The van der Waals surface area contributed by atoms with E-state index < -0.39 is 0 Å². The molecule has 0 bridgehead atoms. The lowest BCUT2D eigenvalue weighted by atomic mass is 10.1. The van der Waals surface area contributed by atoms with Crippen molar-refractivity contribution in [2.24, 2.45) is 0 Å². The zero-order chi connectivity index (χ0) is 12.7. The highest BCUT2D eigenvalue weighted by Crippen LogP contribution is 2.25. The van der Waals surface area contributed by atoms with Crippen LogP contribution in [0.2, 0.25) is 5.02 Å². The first kappa shape index (κ1) is 11.0. The van der Waals surface area contributed by atoms with Gasteiger partial charge in [0.15, 0.2) is 11.9 Å². The van der Waals surface area contributed by atoms with Crippen molar-refractivity contribution in [2.75, 3.05) is 0 Å². The van der Waals surface area contributed by atoms with E-state index in [4.69, 9.17) is 16.0 Å². The highest BCUT2D eigenvalue weighted by atomic mass is 35.5. The molecule has 0 unspecified atom stereocenters. The zero-order valence-corrected chi connectivity index (χ0v) is 9.90. The van der Waals surface area contributed by atoms with Crippen LogP contribution in [0.5, 0.6) is 0 Å². The maximum Gasteiger partial charge on any atom is 0.200 e. The third kappa shape index (κ3) is 1.45. The third-order valence-corrected chi connectivity index (χ3v) is 3.18. The molecule has 0 atom stereocenters. The fourth-order valence-electron chi connectivity index (χ4n) is 1.97. The second-order valence-corrected chi connectivity index (χ2v) is 4.29. The summed E-state index contributed by atoms with van der Waals surface area (Å²) in [5.74, 6) is 0. The van der Waals surface area contributed by atoms with Crippen LogP contribution in [0.25, 0.3) is 21.9 Å². The van der Waals surface area contributed by atoms with Gasteiger partial charge in [-0.3, -0.25) is 9.59 Å². The molecule has 0 aliphatic carbocycles. The van der Waals surface area contributed by atoms with Crippen molar-refractivity contribution in [1.82, 2.24) is 0 Å². The van der Waals surface area contributed by atoms with E-state index in [-0.39, 0.29) is 21.6 Å². The van der Waals surface area contributed by atoms with Crippen LogP contribution in [-0.2, 0) is 0 Å². The van der Waals surface area contributed by atoms with Crippen molar-refractivity contribution >= 4 is 39.8 Å². The monoisotopic (exact) mass is 258 g/mol. The summed E-state index contributed by atoms with van der Waals surface area (Å²) in [6.07, 6.45) is 0.600. The molecule has 0 saturated carbocycles. The summed E-state index contributed by atoms with van der Waals surface area (Å²) in [4.78, 5) is 23.3. The number of hydrogen-bond acceptors (Lipinski definition) is 3. The fraction of sp³-hybridized carbons (Fsp3) is 0. The summed E-state index contributed by atoms with van der Waals surface area (Å²) in [6.45, 7) is 0. The molecule has 1 aromatic heterocycles. The van der Waals surface area contributed by atoms with Crippen molar-refractivity contribution < 1.29 is 9.21 Å². The van der Waals surface area contributed by atoms with Gasteiger partial charge in [0.2, 0.25) is 5.43 Å². The molecule has 4 heteroatoms. The molecule has 3 rings (SSSR count). The lowest BCUT2D eigenvalue weighted by Crippen LogP contribution is -2.03. The van der Waals surface area contributed by atoms with Crippen molar-refractivity contribution in [3.8, 4) is 0 Å². The maximum atomic E-state index is 12.2. The zero-order valence-electron chi connectivity index (χ0n) is 9.14. The molecule has 0 saturated heterocycles. The first-order valence-electron chi connectivity index (χ1n) is 5.31. The van der Waals surface area contributed by atoms with Crippen LogP contribution in [0, 0.1) is 0 Å². The van der Waals surface area contributed by atoms with E-state index >= 15 is 0 Å². The van der Waals surface area contributed by atoms with Crippen LogP contribution in [0.4, 0.5) is 0 Å². The second kappa shape index (κ2) is 3.96. The highest BCUT2D eigenvalue weighted by Gasteiger charge is 2.12. The Morgan fingerprint density at radius 2 is 1.83 bits per heavy atom. The van der Waals surface area contributed by atoms with E-state index in [1.54, 1.807) is 30.3 Å². The average Bonchev–Trinajstić information content (AvgIpc) is 2.39. The quantitative estimate of drug-likeness (QED) is 0.496. The number of carbonyl (C=O) groups is 1. The van der Waals surface area contributed by atoms with Gasteiger partial charge < -0.3 is 4.42 Å². The molecular weight excluding hydrogens is 252 g/mol. The average molecular weight is 259 g/mol. The second-order valence-electron chi connectivity index (χ2n) is 3.88. The smallest absolute Gasteiger partial charge is 0.200 e. The van der Waals surface area contributed by atoms with Gasteiger partial charge in [-0.25, -0.2) is 0 Å². The van der Waals surface area contributed by atoms with E-state index in [9.17, 15) is 9.59 Å². The predicted octanol–water partition coefficient (Wildman–Crippen LogP) is 3.41. The lowest BCUT2D eigenvalue weighted by Gasteiger charge is -2.04. The van der Waals surface area contributed by atoms with Crippen LogP contribution in [0.3, 0.4) is 0 Å². The lowest BCUT2D eigenvalue weighted by molar-refractivity contribution is 0.112. The first-order chi connectivity index (χ1) is 8.72. The minimum atomic E-state index is -0.161. The van der Waals surface area contributed by atoms with E-state index in [2.05, 4.69) is 0 Å². The number of carbonyl (C=O) groups excluding carboxylic acids is 1. The molecule has 0 N–H and O–H groups in total. The summed E-state index contributed by atoms with van der Waals surface area (Å²) in [7, 11) is 0. The Hall–Kier alpha value is -2.13. The molecule has 0 fully saturated rings. The Balaban J connectivity index is 2.64. The maximum absolute atomic E-state index is 12.2.